The van der Waals surface area contributed by atoms with Gasteiger partial charge in [-0.2, -0.15) is 0 Å². The normalized spacial score (nSPS) is 19.9. The van der Waals surface area contributed by atoms with Gasteiger partial charge in [0.05, 0.1) is 0 Å². The van der Waals surface area contributed by atoms with Crippen molar-refractivity contribution < 1.29 is 13.9 Å². The summed E-state index contributed by atoms with van der Waals surface area (Å²) in [6.07, 6.45) is -0.317. The summed E-state index contributed by atoms with van der Waals surface area (Å²) in [5.74, 6) is -0.302. The standard InChI is InChI=1S/C14H16FNO2/c1-9-10(2)14(18-3)16(13(9)17)8-11-4-6-12(15)7-5-11/h4-7,14H,8H2,1-3H3/t14-/m1/s1. The van der Waals surface area contributed by atoms with Gasteiger partial charge in [-0.3, -0.25) is 4.79 Å². The lowest BCUT2D eigenvalue weighted by molar-refractivity contribution is -0.134. The molecule has 1 atom stereocenters. The lowest BCUT2D eigenvalue weighted by Crippen LogP contribution is -2.36. The Morgan fingerprint density at radius 2 is 1.89 bits per heavy atom. The van der Waals surface area contributed by atoms with Crippen LogP contribution >= 0.6 is 0 Å². The zero-order valence-electron chi connectivity index (χ0n) is 10.7. The molecule has 1 aliphatic heterocycles. The van der Waals surface area contributed by atoms with E-state index in [0.29, 0.717) is 6.54 Å². The summed E-state index contributed by atoms with van der Waals surface area (Å²) in [4.78, 5) is 13.7. The Morgan fingerprint density at radius 3 is 2.44 bits per heavy atom. The van der Waals surface area contributed by atoms with E-state index in [0.717, 1.165) is 16.7 Å². The highest BCUT2D eigenvalue weighted by molar-refractivity contribution is 5.96. The van der Waals surface area contributed by atoms with Crippen LogP contribution < -0.4 is 0 Å². The molecule has 0 unspecified atom stereocenters. The summed E-state index contributed by atoms with van der Waals surface area (Å²) in [6, 6.07) is 6.15. The summed E-state index contributed by atoms with van der Waals surface area (Å²) in [5.41, 5.74) is 2.54. The minimum Gasteiger partial charge on any atom is -0.357 e. The molecule has 0 N–H and O–H groups in total. The first-order chi connectivity index (χ1) is 8.54. The molecular weight excluding hydrogens is 233 g/mol. The molecule has 0 saturated carbocycles. The predicted molar refractivity (Wildman–Crippen MR) is 66.1 cm³/mol. The third-order valence-electron chi connectivity index (χ3n) is 3.32. The molecule has 96 valence electrons. The molecule has 2 rings (SSSR count). The van der Waals surface area contributed by atoms with Gasteiger partial charge in [-0.05, 0) is 37.1 Å². The summed E-state index contributed by atoms with van der Waals surface area (Å²) in [5, 5.41) is 0. The Labute approximate surface area is 106 Å². The van der Waals surface area contributed by atoms with Gasteiger partial charge in [0.1, 0.15) is 5.82 Å². The molecule has 1 aromatic carbocycles. The number of benzene rings is 1. The largest absolute Gasteiger partial charge is 0.357 e. The van der Waals surface area contributed by atoms with Gasteiger partial charge in [-0.25, -0.2) is 4.39 Å². The number of amides is 1. The van der Waals surface area contributed by atoms with E-state index < -0.39 is 0 Å². The van der Waals surface area contributed by atoms with Crippen LogP contribution in [0.2, 0.25) is 0 Å². The van der Waals surface area contributed by atoms with Gasteiger partial charge >= 0.3 is 0 Å². The number of hydrogen-bond donors (Lipinski definition) is 0. The number of hydrogen-bond acceptors (Lipinski definition) is 2. The van der Waals surface area contributed by atoms with Crippen molar-refractivity contribution in [3.63, 3.8) is 0 Å². The second-order valence-corrected chi connectivity index (χ2v) is 4.46. The van der Waals surface area contributed by atoms with Crippen molar-refractivity contribution in [2.24, 2.45) is 0 Å². The smallest absolute Gasteiger partial charge is 0.252 e. The molecule has 0 aliphatic carbocycles. The fourth-order valence-electron chi connectivity index (χ4n) is 2.15. The van der Waals surface area contributed by atoms with Crippen LogP contribution in [0.4, 0.5) is 4.39 Å². The van der Waals surface area contributed by atoms with Crippen molar-refractivity contribution >= 4 is 5.91 Å². The molecule has 1 aromatic rings. The maximum atomic E-state index is 12.8. The zero-order valence-corrected chi connectivity index (χ0v) is 10.7. The van der Waals surface area contributed by atoms with Crippen LogP contribution in [0.5, 0.6) is 0 Å². The monoisotopic (exact) mass is 249 g/mol. The van der Waals surface area contributed by atoms with E-state index in [2.05, 4.69) is 0 Å². The van der Waals surface area contributed by atoms with Gasteiger partial charge in [0.15, 0.2) is 6.23 Å². The fourth-order valence-corrected chi connectivity index (χ4v) is 2.15. The van der Waals surface area contributed by atoms with E-state index >= 15 is 0 Å². The Kier molecular flexibility index (Phi) is 3.48. The average molecular weight is 249 g/mol. The highest BCUT2D eigenvalue weighted by atomic mass is 19.1. The molecule has 0 radical (unpaired) electrons. The third-order valence-corrected chi connectivity index (χ3v) is 3.32. The molecule has 3 nitrogen and oxygen atoms in total. The first-order valence-corrected chi connectivity index (χ1v) is 5.80. The third kappa shape index (κ3) is 2.16. The predicted octanol–water partition coefficient (Wildman–Crippen LogP) is 2.48. The quantitative estimate of drug-likeness (QED) is 0.823. The number of carbonyl (C=O) groups is 1. The minimum absolute atomic E-state index is 0.0244. The van der Waals surface area contributed by atoms with Crippen LogP contribution in [0.1, 0.15) is 19.4 Å². The molecular formula is C14H16FNO2. The average Bonchev–Trinajstić information content (AvgIpc) is 2.57. The van der Waals surface area contributed by atoms with Gasteiger partial charge in [-0.15, -0.1) is 0 Å². The van der Waals surface area contributed by atoms with Gasteiger partial charge < -0.3 is 9.64 Å². The van der Waals surface area contributed by atoms with Crippen LogP contribution in [0, 0.1) is 5.82 Å². The minimum atomic E-state index is -0.317. The van der Waals surface area contributed by atoms with E-state index in [4.69, 9.17) is 4.74 Å². The molecule has 0 aromatic heterocycles. The molecule has 4 heteroatoms. The second-order valence-electron chi connectivity index (χ2n) is 4.46. The van der Waals surface area contributed by atoms with Crippen LogP contribution in [0.15, 0.2) is 35.4 Å². The van der Waals surface area contributed by atoms with Gasteiger partial charge in [0.25, 0.3) is 5.91 Å². The number of nitrogens with zero attached hydrogens (tertiary/aromatic N) is 1. The lowest BCUT2D eigenvalue weighted by Gasteiger charge is -2.25. The molecule has 18 heavy (non-hydrogen) atoms. The van der Waals surface area contributed by atoms with E-state index in [-0.39, 0.29) is 18.0 Å². The molecule has 1 amide bonds. The topological polar surface area (TPSA) is 29.5 Å². The number of carbonyl (C=O) groups excluding carboxylic acids is 1. The molecule has 1 heterocycles. The fraction of sp³-hybridized carbons (Fsp3) is 0.357. The van der Waals surface area contributed by atoms with Gasteiger partial charge in [0, 0.05) is 19.2 Å². The summed E-state index contributed by atoms with van der Waals surface area (Å²) >= 11 is 0. The molecule has 1 aliphatic rings. The highest BCUT2D eigenvalue weighted by Gasteiger charge is 2.34. The first-order valence-electron chi connectivity index (χ1n) is 5.80. The van der Waals surface area contributed by atoms with Gasteiger partial charge in [0.2, 0.25) is 0 Å². The molecule has 0 spiro atoms. The highest BCUT2D eigenvalue weighted by Crippen LogP contribution is 2.27. The number of methoxy groups -OCH3 is 1. The Hall–Kier alpha value is -1.68. The van der Waals surface area contributed by atoms with Crippen LogP contribution in [-0.2, 0) is 16.1 Å². The summed E-state index contributed by atoms with van der Waals surface area (Å²) < 4.78 is 18.2. The molecule has 0 saturated heterocycles. The van der Waals surface area contributed by atoms with Crippen molar-refractivity contribution in [2.45, 2.75) is 26.6 Å². The summed E-state index contributed by atoms with van der Waals surface area (Å²) in [6.45, 7) is 4.12. The van der Waals surface area contributed by atoms with Crippen LogP contribution in [0.25, 0.3) is 0 Å². The van der Waals surface area contributed by atoms with E-state index in [1.54, 1.807) is 31.1 Å². The van der Waals surface area contributed by atoms with E-state index in [1.165, 1.54) is 12.1 Å². The maximum absolute atomic E-state index is 12.8. The number of ether oxygens (including phenoxy) is 1. The second kappa shape index (κ2) is 4.90. The lowest BCUT2D eigenvalue weighted by atomic mass is 10.2. The number of halogens is 1. The zero-order chi connectivity index (χ0) is 13.3. The van der Waals surface area contributed by atoms with Crippen molar-refractivity contribution in [1.82, 2.24) is 4.90 Å². The van der Waals surface area contributed by atoms with Gasteiger partial charge in [-0.1, -0.05) is 12.1 Å². The van der Waals surface area contributed by atoms with E-state index in [9.17, 15) is 9.18 Å². The maximum Gasteiger partial charge on any atom is 0.252 e. The Morgan fingerprint density at radius 1 is 1.28 bits per heavy atom. The van der Waals surface area contributed by atoms with E-state index in [1.807, 2.05) is 6.92 Å². The van der Waals surface area contributed by atoms with Crippen LogP contribution in [0.3, 0.4) is 0 Å². The first kappa shape index (κ1) is 12.8. The van der Waals surface area contributed by atoms with Crippen molar-refractivity contribution in [3.05, 3.63) is 46.8 Å². The van der Waals surface area contributed by atoms with Crippen molar-refractivity contribution in [2.75, 3.05) is 7.11 Å². The number of rotatable bonds is 3. The summed E-state index contributed by atoms with van der Waals surface area (Å²) in [7, 11) is 1.58. The molecule has 0 fully saturated rings. The van der Waals surface area contributed by atoms with Crippen LogP contribution in [-0.4, -0.2) is 24.1 Å². The SMILES string of the molecule is CO[C@@H]1C(C)=C(C)C(=O)N1Cc1ccc(F)cc1. The van der Waals surface area contributed by atoms with Crippen molar-refractivity contribution in [1.29, 1.82) is 0 Å². The Balaban J connectivity index is 2.19. The molecule has 0 bridgehead atoms. The van der Waals surface area contributed by atoms with Crippen molar-refractivity contribution in [3.8, 4) is 0 Å². The Bertz CT molecular complexity index is 493.